The van der Waals surface area contributed by atoms with Gasteiger partial charge in [0.15, 0.2) is 0 Å². The van der Waals surface area contributed by atoms with E-state index in [1.807, 2.05) is 7.05 Å². The van der Waals surface area contributed by atoms with Crippen LogP contribution < -0.4 is 5.73 Å². The predicted molar refractivity (Wildman–Crippen MR) is 68.7 cm³/mol. The monoisotopic (exact) mass is 242 g/mol. The highest BCUT2D eigenvalue weighted by atomic mass is 16.5. The maximum Gasteiger partial charge on any atom is 0.239 e. The summed E-state index contributed by atoms with van der Waals surface area (Å²) in [5.74, 6) is 0.668. The summed E-state index contributed by atoms with van der Waals surface area (Å²) in [7, 11) is 1.86. The lowest BCUT2D eigenvalue weighted by Crippen LogP contribution is -2.44. The summed E-state index contributed by atoms with van der Waals surface area (Å²) in [4.78, 5) is 13.8. The first kappa shape index (κ1) is 14.5. The van der Waals surface area contributed by atoms with Crippen LogP contribution in [0.5, 0.6) is 0 Å². The molecule has 1 rings (SSSR count). The summed E-state index contributed by atoms with van der Waals surface area (Å²) in [6.45, 7) is 4.59. The van der Waals surface area contributed by atoms with Crippen molar-refractivity contribution in [2.24, 2.45) is 11.7 Å². The van der Waals surface area contributed by atoms with E-state index in [1.54, 1.807) is 4.90 Å². The van der Waals surface area contributed by atoms with Crippen molar-refractivity contribution in [1.29, 1.82) is 0 Å². The molecule has 1 aliphatic rings. The van der Waals surface area contributed by atoms with Crippen molar-refractivity contribution in [3.8, 4) is 0 Å². The number of hydrogen-bond acceptors (Lipinski definition) is 3. The van der Waals surface area contributed by atoms with Crippen LogP contribution >= 0.6 is 0 Å². The molecular weight excluding hydrogens is 216 g/mol. The highest BCUT2D eigenvalue weighted by molar-refractivity contribution is 5.81. The molecule has 1 aliphatic heterocycles. The molecular formula is C13H26N2O2. The normalized spacial score (nSPS) is 19.0. The van der Waals surface area contributed by atoms with Crippen LogP contribution in [-0.2, 0) is 9.53 Å². The molecule has 4 nitrogen and oxygen atoms in total. The number of ether oxygens (including phenoxy) is 1. The number of nitrogens with two attached hydrogens (primary N) is 1. The molecule has 0 saturated carbocycles. The van der Waals surface area contributed by atoms with E-state index < -0.39 is 0 Å². The molecule has 4 heteroatoms. The maximum absolute atomic E-state index is 12.0. The third-order valence-electron chi connectivity index (χ3n) is 3.44. The van der Waals surface area contributed by atoms with Gasteiger partial charge in [-0.05, 0) is 25.2 Å². The molecule has 1 atom stereocenters. The van der Waals surface area contributed by atoms with Gasteiger partial charge in [-0.2, -0.15) is 0 Å². The molecule has 0 aromatic heterocycles. The first-order chi connectivity index (χ1) is 8.15. The fourth-order valence-electron chi connectivity index (χ4n) is 2.24. The Balaban J connectivity index is 2.29. The first-order valence-electron chi connectivity index (χ1n) is 6.73. The molecule has 0 radical (unpaired) electrons. The molecule has 1 amide bonds. The third-order valence-corrected chi connectivity index (χ3v) is 3.44. The van der Waals surface area contributed by atoms with Crippen LogP contribution in [0.3, 0.4) is 0 Å². The van der Waals surface area contributed by atoms with Gasteiger partial charge in [-0.15, -0.1) is 0 Å². The maximum atomic E-state index is 12.0. The number of likely N-dealkylation sites (N-methyl/N-ethyl adjacent to an activating group) is 1. The highest BCUT2D eigenvalue weighted by Gasteiger charge is 2.21. The van der Waals surface area contributed by atoms with Gasteiger partial charge in [0.2, 0.25) is 5.91 Å². The van der Waals surface area contributed by atoms with Gasteiger partial charge >= 0.3 is 0 Å². The van der Waals surface area contributed by atoms with Gasteiger partial charge in [0.1, 0.15) is 0 Å². The van der Waals surface area contributed by atoms with Gasteiger partial charge in [0, 0.05) is 26.8 Å². The summed E-state index contributed by atoms with van der Waals surface area (Å²) in [6.07, 6.45) is 5.03. The molecule has 0 aromatic rings. The van der Waals surface area contributed by atoms with E-state index >= 15 is 0 Å². The van der Waals surface area contributed by atoms with Crippen LogP contribution in [0, 0.1) is 5.92 Å². The lowest BCUT2D eigenvalue weighted by molar-refractivity contribution is -0.132. The van der Waals surface area contributed by atoms with E-state index in [0.717, 1.165) is 51.9 Å². The number of hydrogen-bond donors (Lipinski definition) is 1. The Morgan fingerprint density at radius 1 is 1.47 bits per heavy atom. The number of nitrogens with zero attached hydrogens (tertiary/aromatic N) is 1. The van der Waals surface area contributed by atoms with Gasteiger partial charge in [-0.3, -0.25) is 4.79 Å². The summed E-state index contributed by atoms with van der Waals surface area (Å²) in [5.41, 5.74) is 5.89. The zero-order valence-electron chi connectivity index (χ0n) is 11.2. The second-order valence-corrected chi connectivity index (χ2v) is 5.02. The van der Waals surface area contributed by atoms with E-state index in [2.05, 4.69) is 6.92 Å². The highest BCUT2D eigenvalue weighted by Crippen LogP contribution is 2.16. The predicted octanol–water partition coefficient (Wildman–Crippen LogP) is 1.39. The van der Waals surface area contributed by atoms with Crippen LogP contribution in [-0.4, -0.2) is 43.7 Å². The lowest BCUT2D eigenvalue weighted by atomic mass is 9.99. The number of rotatable bonds is 6. The number of amides is 1. The van der Waals surface area contributed by atoms with Crippen LogP contribution in [0.1, 0.15) is 39.0 Å². The fourth-order valence-corrected chi connectivity index (χ4v) is 2.24. The van der Waals surface area contributed by atoms with Gasteiger partial charge in [-0.1, -0.05) is 19.8 Å². The van der Waals surface area contributed by atoms with E-state index in [9.17, 15) is 4.79 Å². The summed E-state index contributed by atoms with van der Waals surface area (Å²) in [5, 5.41) is 0. The van der Waals surface area contributed by atoms with Gasteiger partial charge < -0.3 is 15.4 Å². The Morgan fingerprint density at radius 2 is 2.12 bits per heavy atom. The zero-order chi connectivity index (χ0) is 12.7. The molecule has 0 aliphatic carbocycles. The molecule has 17 heavy (non-hydrogen) atoms. The minimum absolute atomic E-state index is 0.0879. The van der Waals surface area contributed by atoms with Crippen molar-refractivity contribution in [3.05, 3.63) is 0 Å². The van der Waals surface area contributed by atoms with Crippen molar-refractivity contribution in [3.63, 3.8) is 0 Å². The second-order valence-electron chi connectivity index (χ2n) is 5.02. The number of carbonyl (C=O) groups excluding carboxylic acids is 1. The molecule has 0 unspecified atom stereocenters. The van der Waals surface area contributed by atoms with E-state index in [1.165, 1.54) is 0 Å². The second kappa shape index (κ2) is 7.67. The Bertz CT molecular complexity index is 227. The molecule has 1 heterocycles. The van der Waals surface area contributed by atoms with E-state index in [0.29, 0.717) is 5.92 Å². The molecule has 1 fully saturated rings. The molecule has 0 aromatic carbocycles. The summed E-state index contributed by atoms with van der Waals surface area (Å²) >= 11 is 0. The smallest absolute Gasteiger partial charge is 0.239 e. The van der Waals surface area contributed by atoms with E-state index in [-0.39, 0.29) is 11.9 Å². The Hall–Kier alpha value is -0.610. The molecule has 0 spiro atoms. The zero-order valence-corrected chi connectivity index (χ0v) is 11.2. The number of carbonyl (C=O) groups is 1. The largest absolute Gasteiger partial charge is 0.381 e. The van der Waals surface area contributed by atoms with E-state index in [4.69, 9.17) is 10.5 Å². The number of unbranched alkanes of at least 4 members (excludes halogenated alkanes) is 1. The minimum atomic E-state index is -0.320. The molecule has 100 valence electrons. The Kier molecular flexibility index (Phi) is 6.52. The topological polar surface area (TPSA) is 55.6 Å². The lowest BCUT2D eigenvalue weighted by Gasteiger charge is -2.28. The van der Waals surface area contributed by atoms with Crippen molar-refractivity contribution in [1.82, 2.24) is 4.90 Å². The van der Waals surface area contributed by atoms with Crippen LogP contribution in [0.4, 0.5) is 0 Å². The summed E-state index contributed by atoms with van der Waals surface area (Å²) < 4.78 is 5.31. The Morgan fingerprint density at radius 3 is 2.71 bits per heavy atom. The molecule has 1 saturated heterocycles. The van der Waals surface area contributed by atoms with Crippen LogP contribution in [0.15, 0.2) is 0 Å². The third kappa shape index (κ3) is 5.04. The van der Waals surface area contributed by atoms with Crippen molar-refractivity contribution in [2.45, 2.75) is 45.1 Å². The summed E-state index contributed by atoms with van der Waals surface area (Å²) in [6, 6.07) is -0.320. The fraction of sp³-hybridized carbons (Fsp3) is 0.923. The van der Waals surface area contributed by atoms with Crippen LogP contribution in [0.2, 0.25) is 0 Å². The van der Waals surface area contributed by atoms with Gasteiger partial charge in [0.25, 0.3) is 0 Å². The van der Waals surface area contributed by atoms with Gasteiger partial charge in [-0.25, -0.2) is 0 Å². The van der Waals surface area contributed by atoms with Crippen molar-refractivity contribution < 1.29 is 9.53 Å². The Labute approximate surface area is 104 Å². The SMILES string of the molecule is CCCC[C@@H](N)C(=O)N(C)CC1CCOCC1. The van der Waals surface area contributed by atoms with Crippen molar-refractivity contribution >= 4 is 5.91 Å². The molecule has 0 bridgehead atoms. The molecule has 2 N–H and O–H groups in total. The van der Waals surface area contributed by atoms with Gasteiger partial charge in [0.05, 0.1) is 6.04 Å². The average molecular weight is 242 g/mol. The minimum Gasteiger partial charge on any atom is -0.381 e. The van der Waals surface area contributed by atoms with Crippen LogP contribution in [0.25, 0.3) is 0 Å². The average Bonchev–Trinajstić information content (AvgIpc) is 2.36. The quantitative estimate of drug-likeness (QED) is 0.765. The first-order valence-corrected chi connectivity index (χ1v) is 6.73. The van der Waals surface area contributed by atoms with Crippen molar-refractivity contribution in [2.75, 3.05) is 26.8 Å². The standard InChI is InChI=1S/C13H26N2O2/c1-3-4-5-12(14)13(16)15(2)10-11-6-8-17-9-7-11/h11-12H,3-10,14H2,1-2H3/t12-/m1/s1.